The average molecular weight is 207 g/mol. The van der Waals surface area contributed by atoms with E-state index < -0.39 is 5.82 Å². The summed E-state index contributed by atoms with van der Waals surface area (Å²) in [6.07, 6.45) is 4.40. The smallest absolute Gasteiger partial charge is 0.223 e. The van der Waals surface area contributed by atoms with Gasteiger partial charge in [0.1, 0.15) is 5.69 Å². The van der Waals surface area contributed by atoms with Crippen molar-refractivity contribution in [3.8, 4) is 11.3 Å². The second-order valence-electron chi connectivity index (χ2n) is 3.04. The number of hydrogen-bond donors (Lipinski definition) is 1. The molecule has 0 bridgehead atoms. The summed E-state index contributed by atoms with van der Waals surface area (Å²) >= 11 is 0. The minimum absolute atomic E-state index is 0.252. The first kappa shape index (κ1) is 9.57. The molecule has 78 valence electrons. The predicted molar refractivity (Wildman–Crippen MR) is 53.7 cm³/mol. The number of nitrogens with zero attached hydrogens (tertiary/aromatic N) is 4. The van der Waals surface area contributed by atoms with Crippen LogP contribution in [0.1, 0.15) is 0 Å². The summed E-state index contributed by atoms with van der Waals surface area (Å²) in [6.45, 7) is 0. The maximum absolute atomic E-state index is 13.4. The maximum Gasteiger partial charge on any atom is 0.223 e. The zero-order valence-corrected chi connectivity index (χ0v) is 8.40. The molecule has 5 nitrogen and oxygen atoms in total. The van der Waals surface area contributed by atoms with Crippen molar-refractivity contribution < 1.29 is 4.39 Å². The molecule has 0 saturated carbocycles. The minimum atomic E-state index is -0.456. The van der Waals surface area contributed by atoms with E-state index in [1.165, 1.54) is 0 Å². The Bertz CT molecular complexity index is 479. The zero-order chi connectivity index (χ0) is 10.8. The van der Waals surface area contributed by atoms with Gasteiger partial charge in [0, 0.05) is 25.9 Å². The number of aromatic nitrogens is 4. The quantitative estimate of drug-likeness (QED) is 0.800. The van der Waals surface area contributed by atoms with Crippen molar-refractivity contribution in [1.29, 1.82) is 0 Å². The summed E-state index contributed by atoms with van der Waals surface area (Å²) in [5.74, 6) is -0.0720. The van der Waals surface area contributed by atoms with Gasteiger partial charge >= 0.3 is 0 Å². The Hall–Kier alpha value is -1.98. The van der Waals surface area contributed by atoms with Crippen molar-refractivity contribution in [2.75, 3.05) is 12.4 Å². The van der Waals surface area contributed by atoms with Gasteiger partial charge in [-0.15, -0.1) is 0 Å². The molecule has 2 aromatic heterocycles. The van der Waals surface area contributed by atoms with Gasteiger partial charge in [0.05, 0.1) is 12.4 Å². The Morgan fingerprint density at radius 1 is 1.40 bits per heavy atom. The summed E-state index contributed by atoms with van der Waals surface area (Å²) < 4.78 is 15.0. The van der Waals surface area contributed by atoms with Crippen molar-refractivity contribution in [1.82, 2.24) is 19.7 Å². The van der Waals surface area contributed by atoms with Crippen LogP contribution in [0.4, 0.5) is 10.3 Å². The second-order valence-corrected chi connectivity index (χ2v) is 3.04. The lowest BCUT2D eigenvalue weighted by molar-refractivity contribution is 0.618. The third-order valence-electron chi connectivity index (χ3n) is 1.95. The highest BCUT2D eigenvalue weighted by Gasteiger charge is 2.10. The van der Waals surface area contributed by atoms with E-state index in [1.807, 2.05) is 0 Å². The van der Waals surface area contributed by atoms with Crippen LogP contribution in [0, 0.1) is 5.82 Å². The van der Waals surface area contributed by atoms with E-state index in [0.717, 1.165) is 6.20 Å². The molecule has 15 heavy (non-hydrogen) atoms. The van der Waals surface area contributed by atoms with E-state index in [4.69, 9.17) is 0 Å². The highest BCUT2D eigenvalue weighted by atomic mass is 19.1. The molecule has 0 aliphatic heterocycles. The normalized spacial score (nSPS) is 10.3. The molecule has 0 fully saturated rings. The van der Waals surface area contributed by atoms with E-state index in [2.05, 4.69) is 20.4 Å². The fraction of sp³-hybridized carbons (Fsp3) is 0.222. The highest BCUT2D eigenvalue weighted by molar-refractivity contribution is 5.58. The first-order chi connectivity index (χ1) is 7.20. The minimum Gasteiger partial charge on any atom is -0.357 e. The Morgan fingerprint density at radius 3 is 2.80 bits per heavy atom. The predicted octanol–water partition coefficient (Wildman–Crippen LogP) is 1.06. The van der Waals surface area contributed by atoms with Crippen LogP contribution in [0.2, 0.25) is 0 Å². The molecule has 2 aromatic rings. The number of hydrogen-bond acceptors (Lipinski definition) is 4. The lowest BCUT2D eigenvalue weighted by Gasteiger charge is -2.01. The van der Waals surface area contributed by atoms with Gasteiger partial charge in [-0.2, -0.15) is 5.10 Å². The lowest BCUT2D eigenvalue weighted by Crippen LogP contribution is -1.99. The summed E-state index contributed by atoms with van der Waals surface area (Å²) in [5.41, 5.74) is 0.886. The van der Waals surface area contributed by atoms with E-state index in [0.29, 0.717) is 11.5 Å². The van der Waals surface area contributed by atoms with Crippen molar-refractivity contribution >= 4 is 5.95 Å². The number of rotatable bonds is 2. The third kappa shape index (κ3) is 1.78. The Kier molecular flexibility index (Phi) is 2.32. The first-order valence-electron chi connectivity index (χ1n) is 4.40. The fourth-order valence-electron chi connectivity index (χ4n) is 1.23. The van der Waals surface area contributed by atoms with Crippen molar-refractivity contribution in [2.24, 2.45) is 7.05 Å². The summed E-state index contributed by atoms with van der Waals surface area (Å²) in [6, 6.07) is 0. The van der Waals surface area contributed by atoms with Crippen molar-refractivity contribution in [2.45, 2.75) is 0 Å². The third-order valence-corrected chi connectivity index (χ3v) is 1.95. The van der Waals surface area contributed by atoms with Gasteiger partial charge in [-0.25, -0.2) is 14.4 Å². The molecular weight excluding hydrogens is 197 g/mol. The molecule has 0 spiro atoms. The van der Waals surface area contributed by atoms with Crippen LogP contribution >= 0.6 is 0 Å². The van der Waals surface area contributed by atoms with Gasteiger partial charge < -0.3 is 5.32 Å². The van der Waals surface area contributed by atoms with Gasteiger partial charge in [0.2, 0.25) is 5.95 Å². The molecule has 0 aromatic carbocycles. The van der Waals surface area contributed by atoms with E-state index >= 15 is 0 Å². The SMILES string of the molecule is CNc1ncc(F)c(-c2cnn(C)c2)n1. The van der Waals surface area contributed by atoms with Crippen LogP contribution < -0.4 is 5.32 Å². The molecule has 0 atom stereocenters. The molecule has 2 heterocycles. The van der Waals surface area contributed by atoms with Crippen LogP contribution in [0.25, 0.3) is 11.3 Å². The molecular formula is C9H10FN5. The molecule has 0 saturated heterocycles. The molecule has 2 rings (SSSR count). The number of nitrogens with one attached hydrogen (secondary N) is 1. The van der Waals surface area contributed by atoms with Crippen molar-refractivity contribution in [3.63, 3.8) is 0 Å². The van der Waals surface area contributed by atoms with E-state index in [9.17, 15) is 4.39 Å². The molecule has 0 unspecified atom stereocenters. The van der Waals surface area contributed by atoms with Crippen LogP contribution in [-0.4, -0.2) is 26.8 Å². The van der Waals surface area contributed by atoms with Gasteiger partial charge in [0.25, 0.3) is 0 Å². The molecule has 6 heteroatoms. The first-order valence-corrected chi connectivity index (χ1v) is 4.40. The van der Waals surface area contributed by atoms with Crippen LogP contribution in [0.15, 0.2) is 18.6 Å². The molecule has 0 amide bonds. The topological polar surface area (TPSA) is 55.6 Å². The van der Waals surface area contributed by atoms with Gasteiger partial charge in [-0.3, -0.25) is 4.68 Å². The van der Waals surface area contributed by atoms with E-state index in [-0.39, 0.29) is 5.69 Å². The Labute approximate surface area is 86.0 Å². The summed E-state index contributed by atoms with van der Waals surface area (Å²) in [7, 11) is 3.45. The van der Waals surface area contributed by atoms with Crippen LogP contribution in [0.3, 0.4) is 0 Å². The standard InChI is InChI=1S/C9H10FN5/c1-11-9-12-4-7(10)8(14-9)6-3-13-15(2)5-6/h3-5H,1-2H3,(H,11,12,14). The fourth-order valence-corrected chi connectivity index (χ4v) is 1.23. The monoisotopic (exact) mass is 207 g/mol. The number of aryl methyl sites for hydroxylation is 1. The second kappa shape index (κ2) is 3.64. The molecule has 0 radical (unpaired) electrons. The average Bonchev–Trinajstić information content (AvgIpc) is 2.65. The largest absolute Gasteiger partial charge is 0.357 e. The summed E-state index contributed by atoms with van der Waals surface area (Å²) in [4.78, 5) is 7.79. The zero-order valence-electron chi connectivity index (χ0n) is 8.40. The number of anilines is 1. The summed E-state index contributed by atoms with van der Waals surface area (Å²) in [5, 5.41) is 6.71. The van der Waals surface area contributed by atoms with Gasteiger partial charge in [-0.1, -0.05) is 0 Å². The van der Waals surface area contributed by atoms with E-state index in [1.54, 1.807) is 31.2 Å². The van der Waals surface area contributed by atoms with Gasteiger partial charge in [0.15, 0.2) is 5.82 Å². The Morgan fingerprint density at radius 2 is 2.20 bits per heavy atom. The van der Waals surface area contributed by atoms with Gasteiger partial charge in [-0.05, 0) is 0 Å². The lowest BCUT2D eigenvalue weighted by atomic mass is 10.2. The van der Waals surface area contributed by atoms with Crippen LogP contribution in [0.5, 0.6) is 0 Å². The maximum atomic E-state index is 13.4. The number of halogens is 1. The Balaban J connectivity index is 2.51. The highest BCUT2D eigenvalue weighted by Crippen LogP contribution is 2.19. The van der Waals surface area contributed by atoms with Crippen LogP contribution in [-0.2, 0) is 7.05 Å². The molecule has 1 N–H and O–H groups in total. The molecule has 0 aliphatic carbocycles. The molecule has 0 aliphatic rings. The van der Waals surface area contributed by atoms with Crippen molar-refractivity contribution in [3.05, 3.63) is 24.4 Å².